The lowest BCUT2D eigenvalue weighted by molar-refractivity contribution is 0.0926. The van der Waals surface area contributed by atoms with Gasteiger partial charge in [0.1, 0.15) is 0 Å². The second-order valence-electron chi connectivity index (χ2n) is 6.30. The molecule has 2 aromatic rings. The number of hydrogen-bond donors (Lipinski definition) is 3. The largest absolute Gasteiger partial charge is 0.347 e. The Labute approximate surface area is 128 Å². The molecule has 116 valence electrons. The smallest absolute Gasteiger partial charge is 0.272 e. The molecule has 1 unspecified atom stereocenters. The second kappa shape index (κ2) is 5.24. The molecule has 0 aromatic carbocycles. The first kappa shape index (κ1) is 13.5. The number of fused-ring (bicyclic) bond motifs is 2. The molecule has 3 N–H and O–H groups in total. The van der Waals surface area contributed by atoms with Crippen LogP contribution in [0.25, 0.3) is 0 Å². The van der Waals surface area contributed by atoms with Crippen LogP contribution in [0.4, 0.5) is 0 Å². The third-order valence-corrected chi connectivity index (χ3v) is 4.69. The minimum Gasteiger partial charge on any atom is -0.347 e. The van der Waals surface area contributed by atoms with Gasteiger partial charge in [0.15, 0.2) is 5.69 Å². The van der Waals surface area contributed by atoms with E-state index in [9.17, 15) is 4.79 Å². The molecular formula is C15H20N6O. The zero-order chi connectivity index (χ0) is 15.1. The topological polar surface area (TPSA) is 89.7 Å². The number of H-pyrrole nitrogens is 2. The number of amides is 1. The van der Waals surface area contributed by atoms with Gasteiger partial charge >= 0.3 is 0 Å². The van der Waals surface area contributed by atoms with E-state index in [2.05, 4.69) is 37.7 Å². The van der Waals surface area contributed by atoms with Crippen molar-refractivity contribution in [1.29, 1.82) is 0 Å². The molecular weight excluding hydrogens is 280 g/mol. The fraction of sp³-hybridized carbons (Fsp3) is 0.533. The molecule has 0 saturated carbocycles. The Morgan fingerprint density at radius 2 is 2.27 bits per heavy atom. The van der Waals surface area contributed by atoms with Crippen molar-refractivity contribution in [1.82, 2.24) is 30.6 Å². The van der Waals surface area contributed by atoms with Crippen LogP contribution >= 0.6 is 0 Å². The van der Waals surface area contributed by atoms with E-state index in [0.29, 0.717) is 5.69 Å². The predicted molar refractivity (Wildman–Crippen MR) is 80.5 cm³/mol. The van der Waals surface area contributed by atoms with Gasteiger partial charge in [-0.1, -0.05) is 0 Å². The van der Waals surface area contributed by atoms with Gasteiger partial charge in [-0.05, 0) is 25.5 Å². The molecule has 1 aliphatic carbocycles. The molecule has 0 fully saturated rings. The summed E-state index contributed by atoms with van der Waals surface area (Å²) in [5, 5.41) is 17.5. The van der Waals surface area contributed by atoms with E-state index in [1.165, 1.54) is 5.56 Å². The number of carbonyl (C=O) groups excluding carboxylic acids is 1. The molecule has 0 spiro atoms. The molecule has 2 aromatic heterocycles. The standard InChI is InChI=1S/C15H20N6O/c1-21-5-4-12-11(8-21)14(20-19-12)15(22)17-10-3-2-9-7-16-18-13(9)6-10/h7,10H,2-6,8H2,1H3,(H,16,18)(H,17,22)(H,19,20). The Bertz CT molecular complexity index is 703. The number of hydrogen-bond acceptors (Lipinski definition) is 4. The molecule has 0 bridgehead atoms. The monoisotopic (exact) mass is 300 g/mol. The Kier molecular flexibility index (Phi) is 3.22. The third-order valence-electron chi connectivity index (χ3n) is 4.69. The van der Waals surface area contributed by atoms with Gasteiger partial charge in [0.25, 0.3) is 5.91 Å². The second-order valence-corrected chi connectivity index (χ2v) is 6.30. The predicted octanol–water partition coefficient (Wildman–Crippen LogP) is 0.408. The van der Waals surface area contributed by atoms with Crippen molar-refractivity contribution in [3.05, 3.63) is 34.4 Å². The van der Waals surface area contributed by atoms with Crippen molar-refractivity contribution in [2.45, 2.75) is 38.3 Å². The van der Waals surface area contributed by atoms with Crippen LogP contribution < -0.4 is 5.32 Å². The van der Waals surface area contributed by atoms with E-state index in [1.807, 2.05) is 6.20 Å². The Morgan fingerprint density at radius 1 is 1.36 bits per heavy atom. The molecule has 0 saturated heterocycles. The first-order valence-electron chi connectivity index (χ1n) is 7.77. The van der Waals surface area contributed by atoms with Crippen LogP contribution in [-0.2, 0) is 25.8 Å². The average Bonchev–Trinajstić information content (AvgIpc) is 3.12. The first-order valence-corrected chi connectivity index (χ1v) is 7.77. The summed E-state index contributed by atoms with van der Waals surface area (Å²) in [5.41, 5.74) is 5.11. The van der Waals surface area contributed by atoms with Gasteiger partial charge in [0.2, 0.25) is 0 Å². The number of nitrogens with zero attached hydrogens (tertiary/aromatic N) is 3. The van der Waals surface area contributed by atoms with Gasteiger partial charge in [-0.15, -0.1) is 0 Å². The van der Waals surface area contributed by atoms with Crippen LogP contribution in [0.3, 0.4) is 0 Å². The number of likely N-dealkylation sites (N-methyl/N-ethyl adjacent to an activating group) is 1. The molecule has 4 rings (SSSR count). The Balaban J connectivity index is 1.48. The van der Waals surface area contributed by atoms with E-state index >= 15 is 0 Å². The summed E-state index contributed by atoms with van der Waals surface area (Å²) in [5.74, 6) is -0.0687. The van der Waals surface area contributed by atoms with Gasteiger partial charge in [0.05, 0.1) is 6.20 Å². The molecule has 7 heteroatoms. The maximum Gasteiger partial charge on any atom is 0.272 e. The van der Waals surface area contributed by atoms with Crippen molar-refractivity contribution in [2.75, 3.05) is 13.6 Å². The molecule has 7 nitrogen and oxygen atoms in total. The minimum atomic E-state index is -0.0687. The van der Waals surface area contributed by atoms with Gasteiger partial charge < -0.3 is 10.2 Å². The maximum atomic E-state index is 12.6. The molecule has 0 radical (unpaired) electrons. The number of nitrogens with one attached hydrogen (secondary N) is 3. The van der Waals surface area contributed by atoms with Crippen LogP contribution in [0.5, 0.6) is 0 Å². The van der Waals surface area contributed by atoms with Crippen LogP contribution in [0.15, 0.2) is 6.20 Å². The maximum absolute atomic E-state index is 12.6. The van der Waals surface area contributed by atoms with E-state index in [1.54, 1.807) is 0 Å². The van der Waals surface area contributed by atoms with Crippen molar-refractivity contribution in [2.24, 2.45) is 0 Å². The molecule has 2 aliphatic rings. The van der Waals surface area contributed by atoms with Crippen molar-refractivity contribution in [3.63, 3.8) is 0 Å². The van der Waals surface area contributed by atoms with Crippen molar-refractivity contribution in [3.8, 4) is 0 Å². The fourth-order valence-corrected chi connectivity index (χ4v) is 3.40. The lowest BCUT2D eigenvalue weighted by Gasteiger charge is -2.24. The fourth-order valence-electron chi connectivity index (χ4n) is 3.40. The summed E-state index contributed by atoms with van der Waals surface area (Å²) in [6, 6.07) is 0.147. The highest BCUT2D eigenvalue weighted by Crippen LogP contribution is 2.21. The van der Waals surface area contributed by atoms with E-state index in [0.717, 1.165) is 55.7 Å². The number of aromatic nitrogens is 4. The highest BCUT2D eigenvalue weighted by molar-refractivity contribution is 5.94. The van der Waals surface area contributed by atoms with Crippen molar-refractivity contribution < 1.29 is 4.79 Å². The van der Waals surface area contributed by atoms with Gasteiger partial charge in [-0.2, -0.15) is 10.2 Å². The van der Waals surface area contributed by atoms with E-state index < -0.39 is 0 Å². The SMILES string of the molecule is CN1CCc2[nH]nc(C(=O)NC3CCc4cn[nH]c4C3)c2C1. The summed E-state index contributed by atoms with van der Waals surface area (Å²) in [6.07, 6.45) is 5.52. The quantitative estimate of drug-likeness (QED) is 0.749. The number of aromatic amines is 2. The number of carbonyl (C=O) groups is 1. The lowest BCUT2D eigenvalue weighted by Crippen LogP contribution is -2.39. The Hall–Kier alpha value is -2.15. The zero-order valence-electron chi connectivity index (χ0n) is 12.6. The minimum absolute atomic E-state index is 0.0687. The summed E-state index contributed by atoms with van der Waals surface area (Å²) < 4.78 is 0. The molecule has 3 heterocycles. The summed E-state index contributed by atoms with van der Waals surface area (Å²) in [4.78, 5) is 14.8. The van der Waals surface area contributed by atoms with Crippen LogP contribution in [0.1, 0.15) is 39.4 Å². The molecule has 22 heavy (non-hydrogen) atoms. The molecule has 1 atom stereocenters. The average molecular weight is 300 g/mol. The Morgan fingerprint density at radius 3 is 3.18 bits per heavy atom. The summed E-state index contributed by atoms with van der Waals surface area (Å²) >= 11 is 0. The van der Waals surface area contributed by atoms with Crippen LogP contribution in [0, 0.1) is 0 Å². The summed E-state index contributed by atoms with van der Waals surface area (Å²) in [7, 11) is 2.07. The number of rotatable bonds is 2. The van der Waals surface area contributed by atoms with Gasteiger partial charge in [0, 0.05) is 48.9 Å². The highest BCUT2D eigenvalue weighted by Gasteiger charge is 2.27. The van der Waals surface area contributed by atoms with Gasteiger partial charge in [-0.3, -0.25) is 15.0 Å². The highest BCUT2D eigenvalue weighted by atomic mass is 16.2. The van der Waals surface area contributed by atoms with Crippen LogP contribution in [0.2, 0.25) is 0 Å². The summed E-state index contributed by atoms with van der Waals surface area (Å²) in [6.45, 7) is 1.78. The lowest BCUT2D eigenvalue weighted by atomic mass is 9.93. The van der Waals surface area contributed by atoms with Gasteiger partial charge in [-0.25, -0.2) is 0 Å². The zero-order valence-corrected chi connectivity index (χ0v) is 12.6. The molecule has 1 amide bonds. The van der Waals surface area contributed by atoms with Crippen molar-refractivity contribution >= 4 is 5.91 Å². The first-order chi connectivity index (χ1) is 10.7. The third kappa shape index (κ3) is 2.31. The van der Waals surface area contributed by atoms with Crippen LogP contribution in [-0.4, -0.2) is 50.8 Å². The van der Waals surface area contributed by atoms with E-state index in [-0.39, 0.29) is 11.9 Å². The van der Waals surface area contributed by atoms with E-state index in [4.69, 9.17) is 0 Å². The normalized spacial score (nSPS) is 21.2. The number of aryl methyl sites for hydroxylation is 1. The molecule has 1 aliphatic heterocycles.